The van der Waals surface area contributed by atoms with Gasteiger partial charge in [-0.1, -0.05) is 48.5 Å². The van der Waals surface area contributed by atoms with Gasteiger partial charge >= 0.3 is 18.2 Å². The third kappa shape index (κ3) is 7.59. The topological polar surface area (TPSA) is 118 Å². The van der Waals surface area contributed by atoms with Crippen LogP contribution in [0.4, 0.5) is 37.1 Å². The Bertz CT molecular complexity index is 1490. The molecule has 0 aliphatic carbocycles. The van der Waals surface area contributed by atoms with Crippen LogP contribution < -0.4 is 30.7 Å². The van der Waals surface area contributed by atoms with Gasteiger partial charge in [0.1, 0.15) is 11.5 Å². The number of aryl methyl sites for hydroxylation is 3. The molecular formula is C30H28N4O5. The van der Waals surface area contributed by atoms with E-state index in [9.17, 15) is 14.4 Å². The molecule has 4 rings (SSSR count). The van der Waals surface area contributed by atoms with Crippen molar-refractivity contribution in [1.29, 1.82) is 0 Å². The molecule has 0 spiro atoms. The van der Waals surface area contributed by atoms with Crippen molar-refractivity contribution in [2.45, 2.75) is 20.8 Å². The number of rotatable bonds is 6. The first-order chi connectivity index (χ1) is 18.8. The molecule has 0 fully saturated rings. The molecule has 0 aliphatic heterocycles. The van der Waals surface area contributed by atoms with Crippen LogP contribution in [0.25, 0.3) is 0 Å². The van der Waals surface area contributed by atoms with E-state index in [0.717, 1.165) is 16.7 Å². The van der Waals surface area contributed by atoms with Gasteiger partial charge < -0.3 is 20.1 Å². The van der Waals surface area contributed by atoms with Crippen molar-refractivity contribution in [3.63, 3.8) is 0 Å². The van der Waals surface area contributed by atoms with Crippen molar-refractivity contribution in [3.05, 3.63) is 108 Å². The Hall–Kier alpha value is -5.31. The second-order valence-electron chi connectivity index (χ2n) is 8.75. The Morgan fingerprint density at radius 3 is 1.56 bits per heavy atom. The third-order valence-electron chi connectivity index (χ3n) is 5.70. The molecule has 0 heterocycles. The number of benzene rings is 4. The van der Waals surface area contributed by atoms with E-state index in [1.165, 1.54) is 0 Å². The van der Waals surface area contributed by atoms with Gasteiger partial charge in [-0.15, -0.1) is 0 Å². The maximum Gasteiger partial charge on any atom is 0.417 e. The first kappa shape index (κ1) is 26.7. The largest absolute Gasteiger partial charge is 0.417 e. The quantitative estimate of drug-likeness (QED) is 0.209. The number of carbonyl (C=O) groups excluding carboxylic acids is 3. The van der Waals surface area contributed by atoms with Crippen LogP contribution in [-0.4, -0.2) is 18.2 Å². The van der Waals surface area contributed by atoms with Gasteiger partial charge in [-0.25, -0.2) is 14.4 Å². The van der Waals surface area contributed by atoms with Crippen LogP contribution in [-0.2, 0) is 0 Å². The van der Waals surface area contributed by atoms with E-state index in [2.05, 4.69) is 21.3 Å². The maximum atomic E-state index is 12.9. The lowest BCUT2D eigenvalue weighted by molar-refractivity contribution is 0.214. The van der Waals surface area contributed by atoms with Crippen molar-refractivity contribution < 1.29 is 23.9 Å². The van der Waals surface area contributed by atoms with Crippen LogP contribution in [0, 0.1) is 20.8 Å². The van der Waals surface area contributed by atoms with E-state index in [1.54, 1.807) is 72.8 Å². The highest BCUT2D eigenvalue weighted by molar-refractivity contribution is 6.02. The zero-order valence-electron chi connectivity index (χ0n) is 21.7. The number of anilines is 4. The predicted octanol–water partition coefficient (Wildman–Crippen LogP) is 7.48. The summed E-state index contributed by atoms with van der Waals surface area (Å²) in [7, 11) is 0. The van der Waals surface area contributed by atoms with Gasteiger partial charge in [-0.05, 0) is 79.9 Å². The molecule has 0 saturated heterocycles. The lowest BCUT2D eigenvalue weighted by Gasteiger charge is -2.16. The first-order valence-corrected chi connectivity index (χ1v) is 12.1. The number of para-hydroxylation sites is 2. The lowest BCUT2D eigenvalue weighted by atomic mass is 10.1. The summed E-state index contributed by atoms with van der Waals surface area (Å²) in [5.41, 5.74) is 4.36. The fraction of sp³-hybridized carbons (Fsp3) is 0.100. The molecular weight excluding hydrogens is 496 g/mol. The fourth-order valence-electron chi connectivity index (χ4n) is 3.70. The molecule has 0 radical (unpaired) electrons. The molecule has 4 amide bonds. The van der Waals surface area contributed by atoms with Gasteiger partial charge in [0.25, 0.3) is 0 Å². The van der Waals surface area contributed by atoms with Crippen molar-refractivity contribution in [2.24, 2.45) is 0 Å². The van der Waals surface area contributed by atoms with Gasteiger partial charge in [-0.3, -0.25) is 10.6 Å². The highest BCUT2D eigenvalue weighted by atomic mass is 16.6. The Labute approximate surface area is 226 Å². The van der Waals surface area contributed by atoms with E-state index in [1.807, 2.05) is 39.0 Å². The highest BCUT2D eigenvalue weighted by Crippen LogP contribution is 2.26. The zero-order valence-corrected chi connectivity index (χ0v) is 21.7. The monoisotopic (exact) mass is 524 g/mol. The van der Waals surface area contributed by atoms with Gasteiger partial charge in [0, 0.05) is 22.7 Å². The van der Waals surface area contributed by atoms with Gasteiger partial charge in [0.2, 0.25) is 0 Å². The van der Waals surface area contributed by atoms with Crippen molar-refractivity contribution >= 4 is 41.0 Å². The molecule has 4 N–H and O–H groups in total. The smallest absolute Gasteiger partial charge is 0.410 e. The van der Waals surface area contributed by atoms with Crippen LogP contribution in [0.15, 0.2) is 91.0 Å². The molecule has 0 unspecified atom stereocenters. The second-order valence-corrected chi connectivity index (χ2v) is 8.75. The van der Waals surface area contributed by atoms with E-state index in [4.69, 9.17) is 9.47 Å². The minimum absolute atomic E-state index is 0.412. The molecule has 198 valence electrons. The summed E-state index contributed by atoms with van der Waals surface area (Å²) in [5, 5.41) is 11.0. The second kappa shape index (κ2) is 12.3. The number of amides is 4. The molecule has 0 saturated carbocycles. The Kier molecular flexibility index (Phi) is 8.43. The number of nitrogens with one attached hydrogen (secondary N) is 4. The standard InChI is InChI=1S/C30H28N4O5/c1-19-14-15-22(31-29(36)38-23-10-6-4-7-11-23)17-25(19)32-28(35)33-26-18-27(21(3)16-20(26)2)34-30(37)39-24-12-8-5-9-13-24/h4-18H,1-3H3,(H,31,36)(H,34,37)(H2,32,33,35). The molecule has 4 aromatic rings. The maximum absolute atomic E-state index is 12.9. The Balaban J connectivity index is 1.40. The lowest BCUT2D eigenvalue weighted by Crippen LogP contribution is -2.22. The number of carbonyl (C=O) groups is 3. The highest BCUT2D eigenvalue weighted by Gasteiger charge is 2.13. The van der Waals surface area contributed by atoms with Crippen LogP contribution in [0.3, 0.4) is 0 Å². The summed E-state index contributed by atoms with van der Waals surface area (Å²) in [6.45, 7) is 5.53. The molecule has 9 nitrogen and oxygen atoms in total. The number of ether oxygens (including phenoxy) is 2. The van der Waals surface area contributed by atoms with Gasteiger partial charge in [0.05, 0.1) is 0 Å². The molecule has 0 bridgehead atoms. The third-order valence-corrected chi connectivity index (χ3v) is 5.70. The SMILES string of the molecule is Cc1ccc(NC(=O)Oc2ccccc2)cc1NC(=O)Nc1cc(NC(=O)Oc2ccccc2)c(C)cc1C. The van der Waals surface area contributed by atoms with E-state index >= 15 is 0 Å². The van der Waals surface area contributed by atoms with Crippen LogP contribution in [0.5, 0.6) is 11.5 Å². The molecule has 39 heavy (non-hydrogen) atoms. The summed E-state index contributed by atoms with van der Waals surface area (Å²) < 4.78 is 10.6. The van der Waals surface area contributed by atoms with Gasteiger partial charge in [0.15, 0.2) is 0 Å². The Morgan fingerprint density at radius 1 is 0.513 bits per heavy atom. The minimum atomic E-state index is -0.651. The zero-order chi connectivity index (χ0) is 27.8. The summed E-state index contributed by atoms with van der Waals surface area (Å²) in [5.74, 6) is 0.827. The summed E-state index contributed by atoms with van der Waals surface area (Å²) in [6.07, 6.45) is -1.30. The number of urea groups is 1. The van der Waals surface area contributed by atoms with E-state index in [-0.39, 0.29) is 0 Å². The van der Waals surface area contributed by atoms with Crippen molar-refractivity contribution in [1.82, 2.24) is 0 Å². The molecule has 0 aliphatic rings. The minimum Gasteiger partial charge on any atom is -0.410 e. The average Bonchev–Trinajstić information content (AvgIpc) is 2.90. The summed E-state index contributed by atoms with van der Waals surface area (Å²) in [6, 6.07) is 25.6. The van der Waals surface area contributed by atoms with Crippen molar-refractivity contribution in [2.75, 3.05) is 21.3 Å². The first-order valence-electron chi connectivity index (χ1n) is 12.1. The number of hydrogen-bond acceptors (Lipinski definition) is 5. The predicted molar refractivity (Wildman–Crippen MR) is 152 cm³/mol. The molecule has 9 heteroatoms. The van der Waals surface area contributed by atoms with Crippen LogP contribution >= 0.6 is 0 Å². The number of hydrogen-bond donors (Lipinski definition) is 4. The average molecular weight is 525 g/mol. The van der Waals surface area contributed by atoms with E-state index < -0.39 is 18.2 Å². The Morgan fingerprint density at radius 2 is 1.00 bits per heavy atom. The molecule has 0 atom stereocenters. The van der Waals surface area contributed by atoms with Crippen LogP contribution in [0.2, 0.25) is 0 Å². The normalized spacial score (nSPS) is 10.2. The molecule has 4 aromatic carbocycles. The van der Waals surface area contributed by atoms with E-state index in [0.29, 0.717) is 34.2 Å². The molecule has 0 aromatic heterocycles. The van der Waals surface area contributed by atoms with Crippen LogP contribution in [0.1, 0.15) is 16.7 Å². The van der Waals surface area contributed by atoms with Crippen molar-refractivity contribution in [3.8, 4) is 11.5 Å². The summed E-state index contributed by atoms with van der Waals surface area (Å²) in [4.78, 5) is 37.5. The fourth-order valence-corrected chi connectivity index (χ4v) is 3.70. The van der Waals surface area contributed by atoms with Gasteiger partial charge in [-0.2, -0.15) is 0 Å². The summed E-state index contributed by atoms with van der Waals surface area (Å²) >= 11 is 0.